The van der Waals surface area contributed by atoms with Gasteiger partial charge in [-0.2, -0.15) is 0 Å². The minimum Gasteiger partial charge on any atom is -0.358 e. The number of nitrogens with zero attached hydrogens (tertiary/aromatic N) is 3. The second-order valence-corrected chi connectivity index (χ2v) is 11.2. The minimum absolute atomic E-state index is 0.0611. The monoisotopic (exact) mass is 562 g/mol. The van der Waals surface area contributed by atoms with Crippen molar-refractivity contribution < 1.29 is 9.59 Å². The molecule has 4 rings (SSSR count). The number of carbonyl (C=O) groups is 2. The van der Waals surface area contributed by atoms with Gasteiger partial charge < -0.3 is 25.4 Å². The van der Waals surface area contributed by atoms with Crippen molar-refractivity contribution in [2.45, 2.75) is 53.9 Å². The lowest BCUT2D eigenvalue weighted by atomic mass is 9.99. The quantitative estimate of drug-likeness (QED) is 0.237. The molecule has 2 amide bonds. The number of aryl methyl sites for hydroxylation is 1. The van der Waals surface area contributed by atoms with Crippen molar-refractivity contribution in [3.05, 3.63) is 51.7 Å². The molecule has 1 aliphatic heterocycles. The summed E-state index contributed by atoms with van der Waals surface area (Å²) in [6.07, 6.45) is 6.47. The lowest BCUT2D eigenvalue weighted by molar-refractivity contribution is -0.105. The Hall–Kier alpha value is -3.43. The van der Waals surface area contributed by atoms with Crippen LogP contribution in [-0.2, 0) is 4.79 Å². The molecule has 3 N–H and O–H groups in total. The maximum absolute atomic E-state index is 13.0. The van der Waals surface area contributed by atoms with E-state index in [1.54, 1.807) is 11.3 Å². The highest BCUT2D eigenvalue weighted by atomic mass is 32.1. The number of thiazole rings is 1. The molecule has 0 bridgehead atoms. The summed E-state index contributed by atoms with van der Waals surface area (Å²) in [5.74, 6) is -0.0611. The van der Waals surface area contributed by atoms with Gasteiger partial charge in [-0.1, -0.05) is 19.9 Å². The molecule has 0 radical (unpaired) electrons. The summed E-state index contributed by atoms with van der Waals surface area (Å²) >= 11 is 1.68. The second-order valence-electron chi connectivity index (χ2n) is 10.4. The van der Waals surface area contributed by atoms with E-state index in [-0.39, 0.29) is 5.91 Å². The molecule has 9 heteroatoms. The molecule has 1 fully saturated rings. The largest absolute Gasteiger partial charge is 0.358 e. The van der Waals surface area contributed by atoms with Crippen LogP contribution in [0.4, 0.5) is 10.8 Å². The van der Waals surface area contributed by atoms with Crippen LogP contribution in [0.15, 0.2) is 23.6 Å². The van der Waals surface area contributed by atoms with Gasteiger partial charge in [0.15, 0.2) is 5.13 Å². The smallest absolute Gasteiger partial charge is 0.253 e. The zero-order chi connectivity index (χ0) is 28.6. The van der Waals surface area contributed by atoms with Crippen LogP contribution in [0, 0.1) is 13.8 Å². The van der Waals surface area contributed by atoms with E-state index in [9.17, 15) is 9.59 Å². The van der Waals surface area contributed by atoms with E-state index in [0.29, 0.717) is 18.5 Å². The van der Waals surface area contributed by atoms with Gasteiger partial charge in [0, 0.05) is 59.8 Å². The predicted octanol–water partition coefficient (Wildman–Crippen LogP) is 5.95. The van der Waals surface area contributed by atoms with Crippen LogP contribution in [-0.4, -0.2) is 66.5 Å². The number of aromatic nitrogens is 2. The number of nitrogens with one attached hydrogen (secondary N) is 3. The van der Waals surface area contributed by atoms with Crippen LogP contribution in [0.2, 0.25) is 0 Å². The van der Waals surface area contributed by atoms with E-state index in [1.165, 1.54) is 19.3 Å². The first kappa shape index (κ1) is 29.6. The number of H-pyrrole nitrogens is 1. The van der Waals surface area contributed by atoms with Gasteiger partial charge in [-0.15, -0.1) is 11.3 Å². The lowest BCUT2D eigenvalue weighted by Gasteiger charge is -2.25. The average Bonchev–Trinajstić information content (AvgIpc) is 3.56. The minimum atomic E-state index is -0.0611. The van der Waals surface area contributed by atoms with Crippen molar-refractivity contribution in [1.82, 2.24) is 20.2 Å². The number of hydrogen-bond acceptors (Lipinski definition) is 6. The van der Waals surface area contributed by atoms with Crippen LogP contribution in [0.1, 0.15) is 72.9 Å². The average molecular weight is 563 g/mol. The fourth-order valence-electron chi connectivity index (χ4n) is 5.36. The van der Waals surface area contributed by atoms with Gasteiger partial charge in [-0.3, -0.25) is 9.59 Å². The highest BCUT2D eigenvalue weighted by molar-refractivity contribution is 7.14. The van der Waals surface area contributed by atoms with Crippen molar-refractivity contribution in [2.75, 3.05) is 49.5 Å². The van der Waals surface area contributed by atoms with Crippen LogP contribution < -0.4 is 15.5 Å². The highest BCUT2D eigenvalue weighted by Gasteiger charge is 2.19. The van der Waals surface area contributed by atoms with E-state index in [1.807, 2.05) is 39.0 Å². The summed E-state index contributed by atoms with van der Waals surface area (Å²) in [5.41, 5.74) is 7.87. The molecular weight excluding hydrogens is 520 g/mol. The van der Waals surface area contributed by atoms with E-state index in [2.05, 4.69) is 50.7 Å². The first-order valence-electron chi connectivity index (χ1n) is 14.3. The summed E-state index contributed by atoms with van der Waals surface area (Å²) in [6, 6.07) is 6.01. The van der Waals surface area contributed by atoms with Gasteiger partial charge in [-0.05, 0) is 82.5 Å². The first-order valence-corrected chi connectivity index (χ1v) is 15.2. The predicted molar refractivity (Wildman–Crippen MR) is 167 cm³/mol. The number of amides is 2. The number of benzene rings is 1. The number of aromatic amines is 1. The SMILES string of the molecule is CCN(CC)CCNC(=O)c1c(C)[nH]c(/C=C(\C)c2cc(-c3csc(N4CCCCC4)n3)ccc2NC=O)c1C. The molecule has 3 aromatic rings. The summed E-state index contributed by atoms with van der Waals surface area (Å²) in [5, 5.41) is 9.10. The fraction of sp³-hybridized carbons (Fsp3) is 0.452. The fourth-order valence-corrected chi connectivity index (χ4v) is 6.24. The molecule has 2 aromatic heterocycles. The Morgan fingerprint density at radius 2 is 1.93 bits per heavy atom. The van der Waals surface area contributed by atoms with Gasteiger partial charge in [0.1, 0.15) is 0 Å². The zero-order valence-corrected chi connectivity index (χ0v) is 25.2. The molecule has 0 atom stereocenters. The topological polar surface area (TPSA) is 93.4 Å². The molecule has 1 aromatic carbocycles. The van der Waals surface area contributed by atoms with Crippen LogP contribution in [0.3, 0.4) is 0 Å². The van der Waals surface area contributed by atoms with E-state index in [4.69, 9.17) is 4.98 Å². The molecule has 40 heavy (non-hydrogen) atoms. The Morgan fingerprint density at radius 1 is 1.18 bits per heavy atom. The van der Waals surface area contributed by atoms with E-state index < -0.39 is 0 Å². The van der Waals surface area contributed by atoms with Gasteiger partial charge >= 0.3 is 0 Å². The van der Waals surface area contributed by atoms with Gasteiger partial charge in [0.2, 0.25) is 6.41 Å². The van der Waals surface area contributed by atoms with Crippen molar-refractivity contribution in [3.63, 3.8) is 0 Å². The standard InChI is InChI=1S/C31H42N6O2S/c1-6-36(7-2)16-13-32-30(39)29-22(4)27(34-23(29)5)17-21(3)25-18-24(11-12-26(25)33-20-38)28-19-40-31(35-28)37-14-9-8-10-15-37/h11-12,17-20,34H,6-10,13-16H2,1-5H3,(H,32,39)(H,33,38)/b21-17+. The Morgan fingerprint density at radius 3 is 2.62 bits per heavy atom. The molecule has 1 aliphatic rings. The van der Waals surface area contributed by atoms with E-state index in [0.717, 1.165) is 82.9 Å². The third-order valence-corrected chi connectivity index (χ3v) is 8.65. The molecule has 0 saturated carbocycles. The summed E-state index contributed by atoms with van der Waals surface area (Å²) < 4.78 is 0. The Labute approximate surface area is 241 Å². The number of anilines is 2. The summed E-state index contributed by atoms with van der Waals surface area (Å²) in [7, 11) is 0. The molecule has 214 valence electrons. The Balaban J connectivity index is 1.58. The van der Waals surface area contributed by atoms with Crippen molar-refractivity contribution in [2.24, 2.45) is 0 Å². The number of rotatable bonds is 12. The molecule has 3 heterocycles. The van der Waals surface area contributed by atoms with Crippen LogP contribution >= 0.6 is 11.3 Å². The maximum Gasteiger partial charge on any atom is 0.253 e. The molecule has 0 spiro atoms. The van der Waals surface area contributed by atoms with Gasteiger partial charge in [-0.25, -0.2) is 4.98 Å². The first-order chi connectivity index (χ1) is 19.4. The van der Waals surface area contributed by atoms with Gasteiger partial charge in [0.25, 0.3) is 5.91 Å². The second kappa shape index (κ2) is 13.8. The normalized spacial score (nSPS) is 14.1. The number of allylic oxidation sites excluding steroid dienone is 1. The van der Waals surface area contributed by atoms with Crippen molar-refractivity contribution in [1.29, 1.82) is 0 Å². The highest BCUT2D eigenvalue weighted by Crippen LogP contribution is 2.34. The lowest BCUT2D eigenvalue weighted by Crippen LogP contribution is -2.35. The van der Waals surface area contributed by atoms with Gasteiger partial charge in [0.05, 0.1) is 11.3 Å². The Kier molecular flexibility index (Phi) is 10.2. The number of carbonyl (C=O) groups excluding carboxylic acids is 2. The molecule has 8 nitrogen and oxygen atoms in total. The number of likely N-dealkylation sites (N-methyl/N-ethyl adjacent to an activating group) is 1. The Bertz CT molecular complexity index is 1350. The third kappa shape index (κ3) is 6.82. The summed E-state index contributed by atoms with van der Waals surface area (Å²) in [6.45, 7) is 15.7. The van der Waals surface area contributed by atoms with E-state index >= 15 is 0 Å². The van der Waals surface area contributed by atoms with Crippen molar-refractivity contribution >= 4 is 46.1 Å². The third-order valence-electron chi connectivity index (χ3n) is 7.75. The van der Waals surface area contributed by atoms with Crippen LogP contribution in [0.25, 0.3) is 22.9 Å². The van der Waals surface area contributed by atoms with Crippen molar-refractivity contribution in [3.8, 4) is 11.3 Å². The number of piperidine rings is 1. The molecule has 0 aliphatic carbocycles. The zero-order valence-electron chi connectivity index (χ0n) is 24.4. The number of hydrogen-bond donors (Lipinski definition) is 3. The van der Waals surface area contributed by atoms with Crippen LogP contribution in [0.5, 0.6) is 0 Å². The summed E-state index contributed by atoms with van der Waals surface area (Å²) in [4.78, 5) is 37.4. The molecule has 1 saturated heterocycles. The maximum atomic E-state index is 13.0. The molecular formula is C31H42N6O2S. The molecule has 0 unspecified atom stereocenters.